The lowest BCUT2D eigenvalue weighted by molar-refractivity contribution is -0.157. The molecule has 1 aromatic carbocycles. The Labute approximate surface area is 143 Å². The predicted molar refractivity (Wildman–Crippen MR) is 92.1 cm³/mol. The molecule has 2 heterocycles. The van der Waals surface area contributed by atoms with Crippen LogP contribution in [0.3, 0.4) is 0 Å². The third-order valence-electron chi connectivity index (χ3n) is 5.84. The summed E-state index contributed by atoms with van der Waals surface area (Å²) in [5.74, 6) is 0.637. The Morgan fingerprint density at radius 2 is 2.00 bits per heavy atom. The van der Waals surface area contributed by atoms with Gasteiger partial charge in [0.25, 0.3) is 0 Å². The van der Waals surface area contributed by atoms with Gasteiger partial charge in [-0.05, 0) is 32.3 Å². The number of carbonyl (C=O) groups is 1. The van der Waals surface area contributed by atoms with Crippen molar-refractivity contribution in [3.63, 3.8) is 0 Å². The first-order valence-corrected chi connectivity index (χ1v) is 9.05. The molecule has 0 spiro atoms. The molecule has 5 nitrogen and oxygen atoms in total. The lowest BCUT2D eigenvalue weighted by Crippen LogP contribution is -2.61. The van der Waals surface area contributed by atoms with Crippen LogP contribution in [0.25, 0.3) is 0 Å². The highest BCUT2D eigenvalue weighted by atomic mass is 16.5. The number of hydrogen-bond donors (Lipinski definition) is 2. The molecule has 5 heteroatoms. The Balaban J connectivity index is 1.54. The van der Waals surface area contributed by atoms with Gasteiger partial charge in [-0.3, -0.25) is 10.2 Å². The Morgan fingerprint density at radius 1 is 1.21 bits per heavy atom. The predicted octanol–water partition coefficient (Wildman–Crippen LogP) is 2.01. The molecule has 4 atom stereocenters. The second-order valence-electron chi connectivity index (χ2n) is 7.94. The van der Waals surface area contributed by atoms with E-state index in [2.05, 4.69) is 36.8 Å². The van der Waals surface area contributed by atoms with Gasteiger partial charge in [-0.2, -0.15) is 0 Å². The standard InChI is InChI=1S/C19H27N3O2/c1-19(2)12-24-16(13-7-4-3-5-8-13)11-22(19)18(23)17-14-9-6-10-15(14)20-21-17/h3-5,7-8,14-17,20-21H,6,9-12H2,1-2H3. The Hall–Kier alpha value is -1.43. The van der Waals surface area contributed by atoms with Gasteiger partial charge in [0.05, 0.1) is 18.7 Å². The first-order chi connectivity index (χ1) is 11.6. The van der Waals surface area contributed by atoms with Crippen LogP contribution in [0.15, 0.2) is 30.3 Å². The Morgan fingerprint density at radius 3 is 2.79 bits per heavy atom. The van der Waals surface area contributed by atoms with Crippen LogP contribution in [0.2, 0.25) is 0 Å². The third-order valence-corrected chi connectivity index (χ3v) is 5.84. The molecule has 0 radical (unpaired) electrons. The first-order valence-electron chi connectivity index (χ1n) is 9.05. The number of benzene rings is 1. The summed E-state index contributed by atoms with van der Waals surface area (Å²) >= 11 is 0. The van der Waals surface area contributed by atoms with Crippen LogP contribution < -0.4 is 10.9 Å². The van der Waals surface area contributed by atoms with Crippen LogP contribution in [-0.2, 0) is 9.53 Å². The molecule has 3 fully saturated rings. The molecule has 0 aromatic heterocycles. The van der Waals surface area contributed by atoms with Crippen molar-refractivity contribution in [1.29, 1.82) is 0 Å². The number of morpholine rings is 1. The number of hydrogen-bond acceptors (Lipinski definition) is 4. The zero-order valence-corrected chi connectivity index (χ0v) is 14.5. The molecule has 1 saturated carbocycles. The van der Waals surface area contributed by atoms with Crippen LogP contribution in [0.5, 0.6) is 0 Å². The first kappa shape index (κ1) is 16.1. The average Bonchev–Trinajstić information content (AvgIpc) is 3.18. The van der Waals surface area contributed by atoms with Gasteiger partial charge in [0.1, 0.15) is 12.1 Å². The number of nitrogens with one attached hydrogen (secondary N) is 2. The van der Waals surface area contributed by atoms with E-state index < -0.39 is 0 Å². The maximum Gasteiger partial charge on any atom is 0.242 e. The van der Waals surface area contributed by atoms with Crippen LogP contribution in [0.1, 0.15) is 44.8 Å². The number of fused-ring (bicyclic) bond motifs is 1. The van der Waals surface area contributed by atoms with Gasteiger partial charge in [-0.1, -0.05) is 36.8 Å². The molecular weight excluding hydrogens is 302 g/mol. The number of hydrazine groups is 1. The highest BCUT2D eigenvalue weighted by molar-refractivity contribution is 5.83. The molecule has 1 aliphatic carbocycles. The van der Waals surface area contributed by atoms with Crippen molar-refractivity contribution in [1.82, 2.24) is 15.8 Å². The summed E-state index contributed by atoms with van der Waals surface area (Å²) in [7, 11) is 0. The van der Waals surface area contributed by atoms with Gasteiger partial charge in [0.15, 0.2) is 0 Å². The second kappa shape index (κ2) is 6.14. The van der Waals surface area contributed by atoms with Crippen molar-refractivity contribution >= 4 is 5.91 Å². The van der Waals surface area contributed by atoms with E-state index in [4.69, 9.17) is 4.74 Å². The minimum absolute atomic E-state index is 0.0445. The zero-order chi connectivity index (χ0) is 16.7. The average molecular weight is 329 g/mol. The number of carbonyl (C=O) groups excluding carboxylic acids is 1. The maximum atomic E-state index is 13.3. The van der Waals surface area contributed by atoms with Gasteiger partial charge < -0.3 is 9.64 Å². The summed E-state index contributed by atoms with van der Waals surface area (Å²) in [5, 5.41) is 0. The SMILES string of the molecule is CC1(C)COC(c2ccccc2)CN1C(=O)C1NNC2CCCC21. The monoisotopic (exact) mass is 329 g/mol. The van der Waals surface area contributed by atoms with E-state index >= 15 is 0 Å². The van der Waals surface area contributed by atoms with Gasteiger partial charge in [0.2, 0.25) is 5.91 Å². The molecule has 4 unspecified atom stereocenters. The molecule has 3 aliphatic rings. The Kier molecular flexibility index (Phi) is 4.11. The van der Waals surface area contributed by atoms with E-state index in [1.807, 2.05) is 23.1 Å². The second-order valence-corrected chi connectivity index (χ2v) is 7.94. The summed E-state index contributed by atoms with van der Waals surface area (Å²) in [5.41, 5.74) is 7.46. The van der Waals surface area contributed by atoms with Crippen molar-refractivity contribution in [2.24, 2.45) is 5.92 Å². The molecule has 130 valence electrons. The van der Waals surface area contributed by atoms with Gasteiger partial charge in [-0.25, -0.2) is 5.43 Å². The van der Waals surface area contributed by atoms with Crippen molar-refractivity contribution in [2.45, 2.75) is 56.8 Å². The molecule has 24 heavy (non-hydrogen) atoms. The van der Waals surface area contributed by atoms with Crippen molar-refractivity contribution in [3.05, 3.63) is 35.9 Å². The third kappa shape index (κ3) is 2.75. The van der Waals surface area contributed by atoms with Crippen LogP contribution in [-0.4, -0.2) is 41.6 Å². The lowest BCUT2D eigenvalue weighted by Gasteiger charge is -2.46. The Bertz CT molecular complexity index is 604. The van der Waals surface area contributed by atoms with E-state index in [-0.39, 0.29) is 23.6 Å². The fourth-order valence-corrected chi connectivity index (χ4v) is 4.39. The lowest BCUT2D eigenvalue weighted by atomic mass is 9.92. The fourth-order valence-electron chi connectivity index (χ4n) is 4.39. The molecule has 1 aromatic rings. The van der Waals surface area contributed by atoms with Crippen LogP contribution in [0.4, 0.5) is 0 Å². The van der Waals surface area contributed by atoms with Crippen LogP contribution >= 0.6 is 0 Å². The zero-order valence-electron chi connectivity index (χ0n) is 14.5. The molecule has 2 aliphatic heterocycles. The van der Waals surface area contributed by atoms with Crippen LogP contribution in [0, 0.1) is 5.92 Å². The maximum absolute atomic E-state index is 13.3. The summed E-state index contributed by atoms with van der Waals surface area (Å²) in [4.78, 5) is 15.3. The highest BCUT2D eigenvalue weighted by Crippen LogP contribution is 2.35. The minimum Gasteiger partial charge on any atom is -0.369 e. The summed E-state index contributed by atoms with van der Waals surface area (Å²) in [6.07, 6.45) is 3.47. The molecule has 4 rings (SSSR count). The number of nitrogens with zero attached hydrogens (tertiary/aromatic N) is 1. The van der Waals surface area contributed by atoms with Crippen molar-refractivity contribution < 1.29 is 9.53 Å². The normalized spacial score (nSPS) is 35.0. The van der Waals surface area contributed by atoms with E-state index in [1.165, 1.54) is 12.8 Å². The van der Waals surface area contributed by atoms with E-state index in [1.54, 1.807) is 0 Å². The number of rotatable bonds is 2. The summed E-state index contributed by atoms with van der Waals surface area (Å²) < 4.78 is 6.08. The van der Waals surface area contributed by atoms with Crippen molar-refractivity contribution in [3.8, 4) is 0 Å². The van der Waals surface area contributed by atoms with E-state index in [9.17, 15) is 4.79 Å². The van der Waals surface area contributed by atoms with E-state index in [0.717, 1.165) is 12.0 Å². The van der Waals surface area contributed by atoms with Gasteiger partial charge >= 0.3 is 0 Å². The summed E-state index contributed by atoms with van der Waals surface area (Å²) in [6.45, 7) is 5.37. The van der Waals surface area contributed by atoms with Gasteiger partial charge in [0, 0.05) is 12.0 Å². The molecule has 2 N–H and O–H groups in total. The quantitative estimate of drug-likeness (QED) is 0.871. The van der Waals surface area contributed by atoms with Gasteiger partial charge in [-0.15, -0.1) is 0 Å². The highest BCUT2D eigenvalue weighted by Gasteiger charge is 2.48. The topological polar surface area (TPSA) is 53.6 Å². The largest absolute Gasteiger partial charge is 0.369 e. The number of amides is 1. The molecule has 2 saturated heterocycles. The van der Waals surface area contributed by atoms with Crippen molar-refractivity contribution in [2.75, 3.05) is 13.2 Å². The fraction of sp³-hybridized carbons (Fsp3) is 0.632. The minimum atomic E-state index is -0.277. The molecular formula is C19H27N3O2. The molecule has 0 bridgehead atoms. The molecule has 1 amide bonds. The summed E-state index contributed by atoms with van der Waals surface area (Å²) in [6, 6.07) is 10.6. The number of ether oxygens (including phenoxy) is 1. The smallest absolute Gasteiger partial charge is 0.242 e. The van der Waals surface area contributed by atoms with E-state index in [0.29, 0.717) is 25.1 Å².